The molecule has 0 spiro atoms. The van der Waals surface area contributed by atoms with E-state index in [9.17, 15) is 0 Å². The molecule has 2 aromatic rings. The number of nitrogens with one attached hydrogen (secondary N) is 1. The van der Waals surface area contributed by atoms with Crippen LogP contribution in [0.25, 0.3) is 11.6 Å². The van der Waals surface area contributed by atoms with Gasteiger partial charge < -0.3 is 15.2 Å². The molecule has 1 fully saturated rings. The van der Waals surface area contributed by atoms with Gasteiger partial charge in [0.15, 0.2) is 5.82 Å². The van der Waals surface area contributed by atoms with Crippen molar-refractivity contribution in [3.63, 3.8) is 0 Å². The highest BCUT2D eigenvalue weighted by Gasteiger charge is 2.33. The Hall–Kier alpha value is -1.69. The van der Waals surface area contributed by atoms with Crippen molar-refractivity contribution in [2.45, 2.75) is 18.9 Å². The lowest BCUT2D eigenvalue weighted by Gasteiger charge is -2.01. The summed E-state index contributed by atoms with van der Waals surface area (Å²) >= 11 is 0. The summed E-state index contributed by atoms with van der Waals surface area (Å²) in [6, 6.07) is -0.124. The summed E-state index contributed by atoms with van der Waals surface area (Å²) in [6.45, 7) is 0. The first-order valence-electron chi connectivity index (χ1n) is 4.93. The Morgan fingerprint density at radius 2 is 2.40 bits per heavy atom. The van der Waals surface area contributed by atoms with Gasteiger partial charge in [-0.25, -0.2) is 4.98 Å². The zero-order valence-electron chi connectivity index (χ0n) is 8.05. The fourth-order valence-corrected chi connectivity index (χ4v) is 1.51. The van der Waals surface area contributed by atoms with E-state index in [4.69, 9.17) is 10.3 Å². The molecule has 0 saturated heterocycles. The topological polar surface area (TPSA) is 93.6 Å². The van der Waals surface area contributed by atoms with Gasteiger partial charge >= 0.3 is 0 Å². The average Bonchev–Trinajstić information content (AvgIpc) is 2.80. The van der Waals surface area contributed by atoms with Crippen molar-refractivity contribution in [2.24, 2.45) is 11.7 Å². The van der Waals surface area contributed by atoms with Crippen molar-refractivity contribution >= 4 is 0 Å². The van der Waals surface area contributed by atoms with Gasteiger partial charge in [0.2, 0.25) is 11.7 Å². The van der Waals surface area contributed by atoms with E-state index in [1.807, 2.05) is 0 Å². The van der Waals surface area contributed by atoms with Gasteiger partial charge in [-0.1, -0.05) is 5.16 Å². The number of aromatic nitrogens is 4. The van der Waals surface area contributed by atoms with Crippen LogP contribution in [0.5, 0.6) is 0 Å². The van der Waals surface area contributed by atoms with Gasteiger partial charge in [0, 0.05) is 12.4 Å². The van der Waals surface area contributed by atoms with Crippen LogP contribution >= 0.6 is 0 Å². The summed E-state index contributed by atoms with van der Waals surface area (Å²) in [6.07, 6.45) is 5.66. The van der Waals surface area contributed by atoms with Crippen LogP contribution in [0.4, 0.5) is 0 Å². The van der Waals surface area contributed by atoms with Gasteiger partial charge in [0.25, 0.3) is 0 Å². The van der Waals surface area contributed by atoms with Crippen molar-refractivity contribution in [3.8, 4) is 11.6 Å². The summed E-state index contributed by atoms with van der Waals surface area (Å²) in [7, 11) is 0. The molecule has 1 atom stereocenters. The van der Waals surface area contributed by atoms with Gasteiger partial charge in [-0.15, -0.1) is 0 Å². The highest BCUT2D eigenvalue weighted by atomic mass is 16.5. The summed E-state index contributed by atoms with van der Waals surface area (Å²) < 4.78 is 5.11. The van der Waals surface area contributed by atoms with Gasteiger partial charge in [-0.05, 0) is 18.8 Å². The first-order chi connectivity index (χ1) is 7.34. The monoisotopic (exact) mass is 205 g/mol. The first-order valence-corrected chi connectivity index (χ1v) is 4.93. The maximum absolute atomic E-state index is 5.94. The third kappa shape index (κ3) is 1.52. The number of hydrogen-bond acceptors (Lipinski definition) is 5. The molecule has 0 aromatic carbocycles. The number of hydrogen-bond donors (Lipinski definition) is 2. The van der Waals surface area contributed by atoms with Gasteiger partial charge in [0.05, 0.1) is 6.04 Å². The van der Waals surface area contributed by atoms with E-state index in [0.29, 0.717) is 23.5 Å². The fraction of sp³-hybridized carbons (Fsp3) is 0.444. The van der Waals surface area contributed by atoms with Crippen molar-refractivity contribution in [1.82, 2.24) is 20.1 Å². The lowest BCUT2D eigenvalue weighted by atomic mass is 10.2. The minimum Gasteiger partial charge on any atom is -0.342 e. The van der Waals surface area contributed by atoms with E-state index in [1.165, 1.54) is 0 Å². The zero-order chi connectivity index (χ0) is 10.3. The number of nitrogens with two attached hydrogens (primary N) is 1. The molecule has 1 aliphatic rings. The Morgan fingerprint density at radius 3 is 3.07 bits per heavy atom. The molecule has 2 heterocycles. The molecular formula is C9H11N5O. The van der Waals surface area contributed by atoms with Gasteiger partial charge in [-0.3, -0.25) is 0 Å². The molecule has 6 nitrogen and oxygen atoms in total. The molecule has 0 aliphatic heterocycles. The smallest absolute Gasteiger partial charge is 0.244 e. The van der Waals surface area contributed by atoms with Crippen LogP contribution in [0.3, 0.4) is 0 Å². The number of aromatic amines is 1. The Bertz CT molecular complexity index is 445. The minimum absolute atomic E-state index is 0.124. The molecule has 1 aliphatic carbocycles. The van der Waals surface area contributed by atoms with Crippen molar-refractivity contribution in [2.75, 3.05) is 0 Å². The van der Waals surface area contributed by atoms with E-state index in [0.717, 1.165) is 12.8 Å². The van der Waals surface area contributed by atoms with E-state index < -0.39 is 0 Å². The van der Waals surface area contributed by atoms with Crippen LogP contribution in [0.15, 0.2) is 16.9 Å². The normalized spacial score (nSPS) is 17.9. The van der Waals surface area contributed by atoms with Crippen LogP contribution in [-0.2, 0) is 0 Å². The average molecular weight is 205 g/mol. The van der Waals surface area contributed by atoms with Gasteiger partial charge in [0.1, 0.15) is 0 Å². The van der Waals surface area contributed by atoms with Crippen LogP contribution in [-0.4, -0.2) is 20.1 Å². The van der Waals surface area contributed by atoms with Crippen LogP contribution in [0.2, 0.25) is 0 Å². The molecule has 2 aromatic heterocycles. The largest absolute Gasteiger partial charge is 0.342 e. The fourth-order valence-electron chi connectivity index (χ4n) is 1.51. The molecule has 6 heteroatoms. The maximum atomic E-state index is 5.94. The molecule has 78 valence electrons. The third-order valence-electron chi connectivity index (χ3n) is 2.57. The molecular weight excluding hydrogens is 194 g/mol. The second kappa shape index (κ2) is 3.16. The Morgan fingerprint density at radius 1 is 1.53 bits per heavy atom. The Labute approximate surface area is 85.9 Å². The predicted molar refractivity (Wildman–Crippen MR) is 51.5 cm³/mol. The second-order valence-corrected chi connectivity index (χ2v) is 3.76. The summed E-state index contributed by atoms with van der Waals surface area (Å²) in [5, 5.41) is 3.83. The van der Waals surface area contributed by atoms with Crippen molar-refractivity contribution in [1.29, 1.82) is 0 Å². The molecule has 15 heavy (non-hydrogen) atoms. The molecule has 3 N–H and O–H groups in total. The maximum Gasteiger partial charge on any atom is 0.244 e. The molecule has 0 amide bonds. The zero-order valence-corrected chi connectivity index (χ0v) is 8.05. The number of H-pyrrole nitrogens is 1. The SMILES string of the molecule is NC(c1nc(-c2ncc[nH]2)no1)C1CC1. The highest BCUT2D eigenvalue weighted by Crippen LogP contribution is 2.38. The van der Waals surface area contributed by atoms with Crippen LogP contribution in [0, 0.1) is 5.92 Å². The van der Waals surface area contributed by atoms with Crippen LogP contribution < -0.4 is 5.73 Å². The lowest BCUT2D eigenvalue weighted by molar-refractivity contribution is 0.343. The minimum atomic E-state index is -0.124. The van der Waals surface area contributed by atoms with E-state index in [1.54, 1.807) is 12.4 Å². The first kappa shape index (κ1) is 8.60. The highest BCUT2D eigenvalue weighted by molar-refractivity contribution is 5.40. The second-order valence-electron chi connectivity index (χ2n) is 3.76. The summed E-state index contributed by atoms with van der Waals surface area (Å²) in [5.41, 5.74) is 5.94. The molecule has 3 rings (SSSR count). The molecule has 0 bridgehead atoms. The lowest BCUT2D eigenvalue weighted by Crippen LogP contribution is -2.12. The van der Waals surface area contributed by atoms with Gasteiger partial charge in [-0.2, -0.15) is 4.98 Å². The quantitative estimate of drug-likeness (QED) is 0.775. The van der Waals surface area contributed by atoms with E-state index in [2.05, 4.69) is 20.1 Å². The van der Waals surface area contributed by atoms with E-state index in [-0.39, 0.29) is 6.04 Å². The molecule has 1 unspecified atom stereocenters. The standard InChI is InChI=1S/C9H11N5O/c10-6(5-1-2-5)9-13-8(14-15-9)7-11-3-4-12-7/h3-6H,1-2,10H2,(H,11,12). The van der Waals surface area contributed by atoms with Crippen molar-refractivity contribution in [3.05, 3.63) is 18.3 Å². The summed E-state index contributed by atoms with van der Waals surface area (Å²) in [4.78, 5) is 11.2. The number of nitrogens with zero attached hydrogens (tertiary/aromatic N) is 3. The molecule has 1 saturated carbocycles. The van der Waals surface area contributed by atoms with Crippen molar-refractivity contribution < 1.29 is 4.52 Å². The summed E-state index contributed by atoms with van der Waals surface area (Å²) in [5.74, 6) is 2.08. The Kier molecular flexibility index (Phi) is 1.81. The number of rotatable bonds is 3. The Balaban J connectivity index is 1.87. The predicted octanol–water partition coefficient (Wildman–Crippen LogP) is 0.869. The number of imidazole rings is 1. The van der Waals surface area contributed by atoms with Crippen LogP contribution in [0.1, 0.15) is 24.8 Å². The van der Waals surface area contributed by atoms with E-state index >= 15 is 0 Å². The molecule has 0 radical (unpaired) electrons. The third-order valence-corrected chi connectivity index (χ3v) is 2.57.